The van der Waals surface area contributed by atoms with Crippen molar-refractivity contribution in [3.05, 3.63) is 30.2 Å². The molecule has 8 fully saturated rings. The van der Waals surface area contributed by atoms with Crippen LogP contribution < -0.4 is 0 Å². The molecule has 62 heavy (non-hydrogen) atoms. The summed E-state index contributed by atoms with van der Waals surface area (Å²) in [5.41, 5.74) is -1.24. The van der Waals surface area contributed by atoms with Crippen LogP contribution in [0.25, 0.3) is 0 Å². The second kappa shape index (κ2) is 17.5. The van der Waals surface area contributed by atoms with E-state index < -0.39 is 101 Å². The molecule has 5 unspecified atom stereocenters. The van der Waals surface area contributed by atoms with Crippen LogP contribution in [-0.4, -0.2) is 129 Å². The predicted molar refractivity (Wildman–Crippen MR) is 217 cm³/mol. The third-order valence-corrected chi connectivity index (χ3v) is 15.5. The summed E-state index contributed by atoms with van der Waals surface area (Å²) in [4.78, 5) is 28.0. The number of hydrogen-bond donors (Lipinski definition) is 3. The van der Waals surface area contributed by atoms with Gasteiger partial charge in [0.05, 0.1) is 41.2 Å². The SMILES string of the molecule is CC1=C\[C@H](C)C[C@@]2(C)CC[C@@H](O2)[C@@]23CCC(C)(C[C@@H](O2)C2O[C@](C)(CC2=O)[C@@H](O)C2CC[C@]4(CCC[C@H](O4)[C@@H](C)C(=O)O[C@H]4C(\C=C\1)OC([C@]1(O)[CH-][C@H](C)CCO1)[C@H]4O)O2)O3.[Ho]. The molecule has 0 aliphatic carbocycles. The summed E-state index contributed by atoms with van der Waals surface area (Å²) in [6, 6.07) is 0. The van der Waals surface area contributed by atoms with Gasteiger partial charge in [0.15, 0.2) is 23.5 Å². The first-order valence-electron chi connectivity index (χ1n) is 23.2. The fourth-order valence-electron chi connectivity index (χ4n) is 12.3. The largest absolute Gasteiger partial charge is 0.456 e. The smallest absolute Gasteiger partial charge is 0.311 e. The van der Waals surface area contributed by atoms with Crippen LogP contribution in [0.15, 0.2) is 23.8 Å². The van der Waals surface area contributed by atoms with E-state index >= 15 is 0 Å². The Bertz CT molecular complexity index is 1760. The standard InChI is InChI=1S/C47H69O14.Ho/c1-26-10-11-32-38(36(49)40(54-32)46(52)23-27(2)14-20-53-46)55-41(51)29(4)31-9-8-15-45(56-31)17-12-33(57-45)39(50)44(7)24-30(48)37(60-44)34-25-43(6)18-19-47(58-34,61-43)35-13-16-42(5,59-35)22-28(3)21-26;/h10-11,21,23,27-29,31-40,49-50,52H,8-9,12-20,22,24-25H2,1-7H3;/q-1;/b11-10+,26-21+;/t27-,28+,29-,31+,32?,33?,34-,35-,36+,37?,38+,39+,40?,42-,43?,44-,45+,46+,47+;/m1./s1. The number of ether oxygens (including phenoxy) is 9. The summed E-state index contributed by atoms with van der Waals surface area (Å²) in [6.45, 7) is 14.2. The van der Waals surface area contributed by atoms with Gasteiger partial charge in [0.1, 0.15) is 42.2 Å². The number of carbonyl (C=O) groups excluding carboxylic acids is 2. The van der Waals surface area contributed by atoms with Gasteiger partial charge in [0.2, 0.25) is 0 Å². The minimum atomic E-state index is -1.87. The Hall–Kier alpha value is -0.560. The molecule has 15 heteroatoms. The van der Waals surface area contributed by atoms with Crippen LogP contribution in [0.1, 0.15) is 132 Å². The molecule has 0 saturated carbocycles. The molecule has 0 aromatic rings. The molecule has 1 radical (unpaired) electrons. The van der Waals surface area contributed by atoms with Gasteiger partial charge >= 0.3 is 5.97 Å². The molecular weight excluding hydrogens is 953 g/mol. The van der Waals surface area contributed by atoms with Crippen LogP contribution in [-0.2, 0) is 52.2 Å². The molecule has 2 spiro atoms. The van der Waals surface area contributed by atoms with Gasteiger partial charge in [-0.05, 0) is 85.5 Å². The number of hydrogen-bond acceptors (Lipinski definition) is 14. The van der Waals surface area contributed by atoms with Gasteiger partial charge in [-0.3, -0.25) is 16.0 Å². The van der Waals surface area contributed by atoms with Crippen LogP contribution in [0.3, 0.4) is 0 Å². The van der Waals surface area contributed by atoms with Crippen molar-refractivity contribution in [1.29, 1.82) is 0 Å². The number of rotatable bonds is 1. The zero-order valence-electron chi connectivity index (χ0n) is 37.3. The van der Waals surface area contributed by atoms with E-state index in [2.05, 4.69) is 26.8 Å². The Morgan fingerprint density at radius 3 is 2.37 bits per heavy atom. The molecular formula is C47H69HoO14-. The van der Waals surface area contributed by atoms with Crippen LogP contribution in [0.4, 0.5) is 0 Å². The topological polar surface area (TPSA) is 178 Å². The maximum absolute atomic E-state index is 14.1. The zero-order chi connectivity index (χ0) is 43.3. The summed E-state index contributed by atoms with van der Waals surface area (Å²) < 4.78 is 58.8. The van der Waals surface area contributed by atoms with Gasteiger partial charge in [-0.15, -0.1) is 0 Å². The van der Waals surface area contributed by atoms with Gasteiger partial charge in [-0.1, -0.05) is 44.1 Å². The fraction of sp³-hybridized carbons (Fsp3) is 0.851. The van der Waals surface area contributed by atoms with Gasteiger partial charge in [0.25, 0.3) is 0 Å². The van der Waals surface area contributed by atoms with E-state index in [1.54, 1.807) is 26.3 Å². The second-order valence-corrected chi connectivity index (χ2v) is 21.1. The van der Waals surface area contributed by atoms with E-state index in [4.69, 9.17) is 42.6 Å². The van der Waals surface area contributed by atoms with Crippen LogP contribution >= 0.6 is 0 Å². The minimum absolute atomic E-state index is 0. The molecule has 19 atom stereocenters. The van der Waals surface area contributed by atoms with Gasteiger partial charge in [-0.2, -0.15) is 5.92 Å². The minimum Gasteiger partial charge on any atom is -0.456 e. The molecule has 10 bridgehead atoms. The van der Waals surface area contributed by atoms with Crippen LogP contribution in [0.2, 0.25) is 0 Å². The monoisotopic (exact) mass is 1020 g/mol. The number of fused-ring (bicyclic) bond motifs is 10. The third-order valence-electron chi connectivity index (χ3n) is 15.5. The summed E-state index contributed by atoms with van der Waals surface area (Å²) in [7, 11) is 0. The Labute approximate surface area is 396 Å². The van der Waals surface area contributed by atoms with E-state index in [9.17, 15) is 24.9 Å². The van der Waals surface area contributed by atoms with Crippen molar-refractivity contribution in [3.63, 3.8) is 0 Å². The average Bonchev–Trinajstić information content (AvgIpc) is 3.99. The fourth-order valence-corrected chi connectivity index (χ4v) is 12.3. The van der Waals surface area contributed by atoms with Crippen LogP contribution in [0, 0.1) is 61.9 Å². The Morgan fingerprint density at radius 1 is 0.823 bits per heavy atom. The number of aliphatic hydroxyl groups is 3. The molecule has 9 heterocycles. The summed E-state index contributed by atoms with van der Waals surface area (Å²) >= 11 is 0. The van der Waals surface area contributed by atoms with E-state index in [1.807, 2.05) is 19.9 Å². The zero-order valence-corrected chi connectivity index (χ0v) is 39.3. The van der Waals surface area contributed by atoms with Crippen molar-refractivity contribution in [2.75, 3.05) is 6.61 Å². The van der Waals surface area contributed by atoms with E-state index in [1.165, 1.54) is 0 Å². The molecule has 9 rings (SSSR count). The Morgan fingerprint density at radius 2 is 1.60 bits per heavy atom. The quantitative estimate of drug-likeness (QED) is 0.180. The molecule has 0 aromatic heterocycles. The van der Waals surface area contributed by atoms with Crippen molar-refractivity contribution < 1.29 is 105 Å². The molecule has 0 amide bonds. The molecule has 14 nitrogen and oxygen atoms in total. The number of aliphatic hydroxyl groups excluding tert-OH is 2. The molecule has 8 saturated heterocycles. The normalized spacial score (nSPS) is 54.8. The summed E-state index contributed by atoms with van der Waals surface area (Å²) in [6.07, 6.45) is 6.52. The first-order chi connectivity index (χ1) is 28.7. The number of carbonyl (C=O) groups is 2. The van der Waals surface area contributed by atoms with Crippen molar-refractivity contribution in [2.24, 2.45) is 17.8 Å². The molecule has 353 valence electrons. The third kappa shape index (κ3) is 8.97. The van der Waals surface area contributed by atoms with Gasteiger partial charge in [-0.25, -0.2) is 0 Å². The molecule has 9 aliphatic heterocycles. The van der Waals surface area contributed by atoms with Crippen molar-refractivity contribution >= 4 is 11.8 Å². The molecule has 3 N–H and O–H groups in total. The van der Waals surface area contributed by atoms with E-state index in [0.29, 0.717) is 45.1 Å². The summed E-state index contributed by atoms with van der Waals surface area (Å²) in [5, 5.41) is 35.4. The van der Waals surface area contributed by atoms with Crippen LogP contribution in [0.5, 0.6) is 0 Å². The first kappa shape index (κ1) is 47.9. The number of allylic oxidation sites excluding steroid dienone is 3. The maximum Gasteiger partial charge on any atom is 0.311 e. The Kier molecular flexibility index (Phi) is 13.5. The number of Topliss-reactive ketones (excluding diaryl/α,β-unsaturated/α-hetero) is 1. The number of esters is 1. The van der Waals surface area contributed by atoms with E-state index in [-0.39, 0.29) is 67.9 Å². The van der Waals surface area contributed by atoms with Gasteiger partial charge in [0, 0.05) is 76.4 Å². The van der Waals surface area contributed by atoms with Gasteiger partial charge < -0.3 is 58.0 Å². The predicted octanol–water partition coefficient (Wildman–Crippen LogP) is 5.07. The number of ketones is 1. The molecule has 9 aliphatic rings. The maximum atomic E-state index is 14.1. The molecule has 0 aromatic carbocycles. The average molecular weight is 1020 g/mol. The van der Waals surface area contributed by atoms with Crippen molar-refractivity contribution in [1.82, 2.24) is 0 Å². The van der Waals surface area contributed by atoms with Crippen molar-refractivity contribution in [2.45, 2.75) is 227 Å². The first-order valence-corrected chi connectivity index (χ1v) is 23.2. The van der Waals surface area contributed by atoms with E-state index in [0.717, 1.165) is 44.1 Å². The Balaban J connectivity index is 0.00000529. The summed E-state index contributed by atoms with van der Waals surface area (Å²) in [5.74, 6) is -5.22. The van der Waals surface area contributed by atoms with Crippen molar-refractivity contribution in [3.8, 4) is 0 Å². The second-order valence-electron chi connectivity index (χ2n) is 21.1.